The number of hydrogen-bond acceptors (Lipinski definition) is 2. The summed E-state index contributed by atoms with van der Waals surface area (Å²) in [6, 6.07) is 16.6. The third-order valence-electron chi connectivity index (χ3n) is 3.61. The van der Waals surface area contributed by atoms with E-state index in [0.29, 0.717) is 0 Å². The van der Waals surface area contributed by atoms with Crippen LogP contribution in [-0.2, 0) is 6.42 Å². The van der Waals surface area contributed by atoms with Gasteiger partial charge in [-0.3, -0.25) is 0 Å². The Kier molecular flexibility index (Phi) is 5.40. The minimum Gasteiger partial charge on any atom is -0.484 e. The Balaban J connectivity index is 2.14. The second-order valence-electron chi connectivity index (χ2n) is 5.70. The molecule has 0 saturated carbocycles. The summed E-state index contributed by atoms with van der Waals surface area (Å²) >= 11 is 0. The number of hydrogen-bond donors (Lipinski definition) is 1. The van der Waals surface area contributed by atoms with Gasteiger partial charge >= 0.3 is 0 Å². The Bertz CT molecular complexity index is 543. The molecule has 2 atom stereocenters. The normalized spacial score (nSPS) is 13.7. The van der Waals surface area contributed by atoms with E-state index in [9.17, 15) is 0 Å². The van der Waals surface area contributed by atoms with E-state index in [1.165, 1.54) is 11.1 Å². The summed E-state index contributed by atoms with van der Waals surface area (Å²) in [4.78, 5) is 0. The predicted molar refractivity (Wildman–Crippen MR) is 88.6 cm³/mol. The number of ether oxygens (including phenoxy) is 1. The molecule has 0 heterocycles. The van der Waals surface area contributed by atoms with E-state index in [1.54, 1.807) is 0 Å². The van der Waals surface area contributed by atoms with Crippen LogP contribution < -0.4 is 10.5 Å². The fourth-order valence-corrected chi connectivity index (χ4v) is 2.41. The maximum Gasteiger partial charge on any atom is 0.138 e. The van der Waals surface area contributed by atoms with Gasteiger partial charge in [0.05, 0.1) is 0 Å². The van der Waals surface area contributed by atoms with Crippen LogP contribution in [0.2, 0.25) is 0 Å². The molecule has 0 fully saturated rings. The van der Waals surface area contributed by atoms with Crippen LogP contribution in [-0.4, -0.2) is 6.04 Å². The van der Waals surface area contributed by atoms with Crippen molar-refractivity contribution in [1.29, 1.82) is 0 Å². The Morgan fingerprint density at radius 2 is 1.62 bits per heavy atom. The molecule has 2 N–H and O–H groups in total. The molecule has 0 amide bonds. The molecule has 0 saturated heterocycles. The summed E-state index contributed by atoms with van der Waals surface area (Å²) in [5.41, 5.74) is 9.81. The summed E-state index contributed by atoms with van der Waals surface area (Å²) in [5.74, 6) is 0.873. The molecule has 0 spiro atoms. The lowest BCUT2D eigenvalue weighted by molar-refractivity contribution is 0.180. The molecule has 2 heteroatoms. The van der Waals surface area contributed by atoms with E-state index in [1.807, 2.05) is 19.1 Å². The lowest BCUT2D eigenvalue weighted by atomic mass is 10.0. The summed E-state index contributed by atoms with van der Waals surface area (Å²) < 4.78 is 6.11. The first-order valence-corrected chi connectivity index (χ1v) is 7.68. The van der Waals surface area contributed by atoms with Crippen LogP contribution in [0, 0.1) is 6.92 Å². The molecule has 2 unspecified atom stereocenters. The van der Waals surface area contributed by atoms with Gasteiger partial charge in [0.25, 0.3) is 0 Å². The van der Waals surface area contributed by atoms with Gasteiger partial charge in [-0.1, -0.05) is 55.3 Å². The van der Waals surface area contributed by atoms with Gasteiger partial charge in [-0.25, -0.2) is 0 Å². The van der Waals surface area contributed by atoms with Crippen molar-refractivity contribution in [3.05, 3.63) is 65.2 Å². The third-order valence-corrected chi connectivity index (χ3v) is 3.61. The molecular formula is C19H25NO. The summed E-state index contributed by atoms with van der Waals surface area (Å²) in [5, 5.41) is 0. The van der Waals surface area contributed by atoms with Gasteiger partial charge < -0.3 is 10.5 Å². The maximum atomic E-state index is 6.11. The summed E-state index contributed by atoms with van der Waals surface area (Å²) in [7, 11) is 0. The molecule has 2 rings (SSSR count). The average molecular weight is 283 g/mol. The van der Waals surface area contributed by atoms with Crippen LogP contribution in [0.25, 0.3) is 0 Å². The van der Waals surface area contributed by atoms with E-state index in [0.717, 1.165) is 24.2 Å². The third kappa shape index (κ3) is 4.33. The smallest absolute Gasteiger partial charge is 0.138 e. The van der Waals surface area contributed by atoms with Gasteiger partial charge in [-0.05, 0) is 43.5 Å². The van der Waals surface area contributed by atoms with E-state index in [2.05, 4.69) is 50.2 Å². The first-order chi connectivity index (χ1) is 10.1. The standard InChI is InChI=1S/C19H25NO/c1-4-5-16-8-12-18(13-9-16)21-19(15(3)20)17-10-6-14(2)7-11-17/h6-13,15,19H,4-5,20H2,1-3H3. The van der Waals surface area contributed by atoms with Crippen molar-refractivity contribution in [3.63, 3.8) is 0 Å². The zero-order valence-electron chi connectivity index (χ0n) is 13.2. The number of rotatable bonds is 6. The minimum absolute atomic E-state index is 0.0666. The van der Waals surface area contributed by atoms with Gasteiger partial charge in [0.15, 0.2) is 0 Å². The van der Waals surface area contributed by atoms with Crippen molar-refractivity contribution in [2.45, 2.75) is 45.8 Å². The molecule has 0 aliphatic rings. The zero-order valence-corrected chi connectivity index (χ0v) is 13.2. The first kappa shape index (κ1) is 15.6. The SMILES string of the molecule is CCCc1ccc(OC(c2ccc(C)cc2)C(C)N)cc1. The quantitative estimate of drug-likeness (QED) is 0.852. The van der Waals surface area contributed by atoms with Crippen LogP contribution >= 0.6 is 0 Å². The Morgan fingerprint density at radius 1 is 1.00 bits per heavy atom. The fraction of sp³-hybridized carbons (Fsp3) is 0.368. The molecule has 0 bridgehead atoms. The minimum atomic E-state index is -0.123. The topological polar surface area (TPSA) is 35.2 Å². The molecule has 0 aromatic heterocycles. The van der Waals surface area contributed by atoms with Crippen LogP contribution in [0.3, 0.4) is 0 Å². The van der Waals surface area contributed by atoms with Gasteiger partial charge in [0.2, 0.25) is 0 Å². The maximum absolute atomic E-state index is 6.11. The van der Waals surface area contributed by atoms with Crippen molar-refractivity contribution in [1.82, 2.24) is 0 Å². The highest BCUT2D eigenvalue weighted by molar-refractivity contribution is 5.30. The van der Waals surface area contributed by atoms with E-state index in [4.69, 9.17) is 10.5 Å². The van der Waals surface area contributed by atoms with Gasteiger partial charge in [0, 0.05) is 6.04 Å². The zero-order chi connectivity index (χ0) is 15.2. The van der Waals surface area contributed by atoms with Crippen molar-refractivity contribution in [2.75, 3.05) is 0 Å². The molecule has 0 radical (unpaired) electrons. The molecule has 21 heavy (non-hydrogen) atoms. The molecule has 2 nitrogen and oxygen atoms in total. The molecule has 0 aliphatic heterocycles. The second-order valence-corrected chi connectivity index (χ2v) is 5.70. The summed E-state index contributed by atoms with van der Waals surface area (Å²) in [6.07, 6.45) is 2.14. The average Bonchev–Trinajstić information content (AvgIpc) is 2.47. The summed E-state index contributed by atoms with van der Waals surface area (Å²) in [6.45, 7) is 6.25. The van der Waals surface area contributed by atoms with Crippen LogP contribution in [0.4, 0.5) is 0 Å². The molecule has 2 aromatic carbocycles. The van der Waals surface area contributed by atoms with Crippen molar-refractivity contribution in [3.8, 4) is 5.75 Å². The van der Waals surface area contributed by atoms with E-state index >= 15 is 0 Å². The largest absolute Gasteiger partial charge is 0.484 e. The lowest BCUT2D eigenvalue weighted by Crippen LogP contribution is -2.29. The first-order valence-electron chi connectivity index (χ1n) is 7.68. The number of nitrogens with two attached hydrogens (primary N) is 1. The van der Waals surface area contributed by atoms with Crippen molar-refractivity contribution >= 4 is 0 Å². The number of benzene rings is 2. The van der Waals surface area contributed by atoms with Gasteiger partial charge in [-0.2, -0.15) is 0 Å². The van der Waals surface area contributed by atoms with Crippen LogP contribution in [0.5, 0.6) is 5.75 Å². The fourth-order valence-electron chi connectivity index (χ4n) is 2.41. The van der Waals surface area contributed by atoms with Gasteiger partial charge in [0.1, 0.15) is 11.9 Å². The molecule has 0 aliphatic carbocycles. The van der Waals surface area contributed by atoms with E-state index in [-0.39, 0.29) is 12.1 Å². The number of aryl methyl sites for hydroxylation is 2. The molecule has 2 aromatic rings. The Morgan fingerprint density at radius 3 is 2.14 bits per heavy atom. The highest BCUT2D eigenvalue weighted by atomic mass is 16.5. The van der Waals surface area contributed by atoms with Crippen LogP contribution in [0.15, 0.2) is 48.5 Å². The van der Waals surface area contributed by atoms with E-state index < -0.39 is 0 Å². The highest BCUT2D eigenvalue weighted by Crippen LogP contribution is 2.25. The Hall–Kier alpha value is -1.80. The van der Waals surface area contributed by atoms with Gasteiger partial charge in [-0.15, -0.1) is 0 Å². The Labute approximate surface area is 127 Å². The molecule has 112 valence electrons. The second kappa shape index (κ2) is 7.28. The highest BCUT2D eigenvalue weighted by Gasteiger charge is 2.18. The van der Waals surface area contributed by atoms with Crippen molar-refractivity contribution < 1.29 is 4.74 Å². The molecular weight excluding hydrogens is 258 g/mol. The lowest BCUT2D eigenvalue weighted by Gasteiger charge is -2.23. The predicted octanol–water partition coefficient (Wildman–Crippen LogP) is 4.41. The monoisotopic (exact) mass is 283 g/mol. The van der Waals surface area contributed by atoms with Crippen LogP contribution in [0.1, 0.15) is 43.1 Å². The van der Waals surface area contributed by atoms with Crippen molar-refractivity contribution in [2.24, 2.45) is 5.73 Å².